The van der Waals surface area contributed by atoms with Crippen molar-refractivity contribution in [1.82, 2.24) is 0 Å². The molecule has 0 aromatic heterocycles. The fraction of sp³-hybridized carbons (Fsp3) is 0.333. The Labute approximate surface area is 125 Å². The van der Waals surface area contributed by atoms with E-state index in [1.807, 2.05) is 18.2 Å². The Morgan fingerprint density at radius 3 is 2.57 bits per heavy atom. The Morgan fingerprint density at radius 1 is 1.14 bits per heavy atom. The summed E-state index contributed by atoms with van der Waals surface area (Å²) in [5.41, 5.74) is 5.83. The number of benzene rings is 2. The number of aliphatic hydroxyl groups excluding tert-OH is 1. The number of aryl methyl sites for hydroxylation is 3. The summed E-state index contributed by atoms with van der Waals surface area (Å²) in [5.74, 6) is 1.49. The molecule has 2 aromatic carbocycles. The highest BCUT2D eigenvalue weighted by molar-refractivity contribution is 5.44. The first-order valence-corrected chi connectivity index (χ1v) is 7.19. The van der Waals surface area contributed by atoms with E-state index < -0.39 is 6.10 Å². The lowest BCUT2D eigenvalue weighted by atomic mass is 10.0. The van der Waals surface area contributed by atoms with Crippen molar-refractivity contribution in [3.63, 3.8) is 0 Å². The molecule has 0 fully saturated rings. The Hall–Kier alpha value is -2.00. The Kier molecular flexibility index (Phi) is 3.60. The van der Waals surface area contributed by atoms with Crippen LogP contribution in [0.4, 0.5) is 0 Å². The average molecular weight is 284 g/mol. The fourth-order valence-corrected chi connectivity index (χ4v) is 2.86. The van der Waals surface area contributed by atoms with E-state index >= 15 is 0 Å². The Balaban J connectivity index is 1.77. The van der Waals surface area contributed by atoms with Crippen LogP contribution >= 0.6 is 0 Å². The molecule has 1 aliphatic heterocycles. The molecule has 0 bridgehead atoms. The molecule has 0 spiro atoms. The molecule has 3 rings (SSSR count). The predicted molar refractivity (Wildman–Crippen MR) is 81.9 cm³/mol. The summed E-state index contributed by atoms with van der Waals surface area (Å²) in [5, 5.41) is 9.71. The third-order valence-electron chi connectivity index (χ3n) is 3.96. The minimum absolute atomic E-state index is 0.328. The molecule has 0 saturated carbocycles. The second-order valence-corrected chi connectivity index (χ2v) is 5.69. The molecule has 2 aromatic rings. The van der Waals surface area contributed by atoms with Crippen LogP contribution in [0.3, 0.4) is 0 Å². The molecule has 1 N–H and O–H groups in total. The van der Waals surface area contributed by atoms with Crippen LogP contribution in [-0.4, -0.2) is 11.7 Å². The molecule has 3 heteroatoms. The molecule has 0 saturated heterocycles. The second-order valence-electron chi connectivity index (χ2n) is 5.69. The minimum atomic E-state index is -0.518. The van der Waals surface area contributed by atoms with Gasteiger partial charge in [0.2, 0.25) is 0 Å². The minimum Gasteiger partial charge on any atom is -0.490 e. The standard InChI is InChI=1S/C18H20O3/c1-11-6-12(2)16(13(3)7-11)9-20-14-4-5-15-17(19)10-21-18(15)8-14/h4-8,17,19H,9-10H2,1-3H3. The smallest absolute Gasteiger partial charge is 0.129 e. The van der Waals surface area contributed by atoms with E-state index in [2.05, 4.69) is 32.9 Å². The third-order valence-corrected chi connectivity index (χ3v) is 3.96. The zero-order valence-corrected chi connectivity index (χ0v) is 12.6. The molecule has 0 aliphatic carbocycles. The van der Waals surface area contributed by atoms with Crippen molar-refractivity contribution in [2.75, 3.05) is 6.61 Å². The van der Waals surface area contributed by atoms with E-state index in [1.54, 1.807) is 0 Å². The van der Waals surface area contributed by atoms with Crippen LogP contribution in [0.5, 0.6) is 11.5 Å². The van der Waals surface area contributed by atoms with Crippen molar-refractivity contribution in [2.45, 2.75) is 33.5 Å². The van der Waals surface area contributed by atoms with Gasteiger partial charge in [0.05, 0.1) is 0 Å². The van der Waals surface area contributed by atoms with Crippen molar-refractivity contribution in [3.8, 4) is 11.5 Å². The van der Waals surface area contributed by atoms with Gasteiger partial charge in [-0.2, -0.15) is 0 Å². The molecule has 21 heavy (non-hydrogen) atoms. The van der Waals surface area contributed by atoms with E-state index in [1.165, 1.54) is 22.3 Å². The van der Waals surface area contributed by atoms with Crippen molar-refractivity contribution in [1.29, 1.82) is 0 Å². The van der Waals surface area contributed by atoms with Crippen LogP contribution in [0.15, 0.2) is 30.3 Å². The van der Waals surface area contributed by atoms with Gasteiger partial charge in [-0.1, -0.05) is 17.7 Å². The van der Waals surface area contributed by atoms with E-state index in [4.69, 9.17) is 9.47 Å². The maximum atomic E-state index is 9.71. The van der Waals surface area contributed by atoms with Crippen molar-refractivity contribution in [3.05, 3.63) is 58.1 Å². The quantitative estimate of drug-likeness (QED) is 0.935. The Morgan fingerprint density at radius 2 is 1.86 bits per heavy atom. The highest BCUT2D eigenvalue weighted by Crippen LogP contribution is 2.35. The van der Waals surface area contributed by atoms with E-state index in [0.29, 0.717) is 13.2 Å². The number of rotatable bonds is 3. The number of fused-ring (bicyclic) bond motifs is 1. The van der Waals surface area contributed by atoms with Crippen LogP contribution in [0.25, 0.3) is 0 Å². The highest BCUT2D eigenvalue weighted by atomic mass is 16.5. The highest BCUT2D eigenvalue weighted by Gasteiger charge is 2.22. The monoisotopic (exact) mass is 284 g/mol. The van der Waals surface area contributed by atoms with Crippen LogP contribution in [0.1, 0.15) is 33.9 Å². The largest absolute Gasteiger partial charge is 0.490 e. The zero-order chi connectivity index (χ0) is 15.0. The first kappa shape index (κ1) is 14.0. The number of hydrogen-bond acceptors (Lipinski definition) is 3. The molecule has 3 nitrogen and oxygen atoms in total. The summed E-state index contributed by atoms with van der Waals surface area (Å²) < 4.78 is 11.3. The van der Waals surface area contributed by atoms with E-state index in [9.17, 15) is 5.11 Å². The molecule has 1 unspecified atom stereocenters. The lowest BCUT2D eigenvalue weighted by molar-refractivity contribution is 0.140. The van der Waals surface area contributed by atoms with Crippen LogP contribution in [0.2, 0.25) is 0 Å². The van der Waals surface area contributed by atoms with Gasteiger partial charge in [-0.3, -0.25) is 0 Å². The first-order valence-electron chi connectivity index (χ1n) is 7.19. The number of ether oxygens (including phenoxy) is 2. The van der Waals surface area contributed by atoms with E-state index in [-0.39, 0.29) is 0 Å². The number of aliphatic hydroxyl groups is 1. The van der Waals surface area contributed by atoms with Gasteiger partial charge in [-0.05, 0) is 49.6 Å². The summed E-state index contributed by atoms with van der Waals surface area (Å²) in [6, 6.07) is 9.96. The van der Waals surface area contributed by atoms with Crippen molar-refractivity contribution < 1.29 is 14.6 Å². The maximum Gasteiger partial charge on any atom is 0.129 e. The molecule has 1 heterocycles. The summed E-state index contributed by atoms with van der Waals surface area (Å²) in [4.78, 5) is 0. The topological polar surface area (TPSA) is 38.7 Å². The molecular weight excluding hydrogens is 264 g/mol. The molecule has 0 amide bonds. The van der Waals surface area contributed by atoms with Crippen LogP contribution in [-0.2, 0) is 6.61 Å². The van der Waals surface area contributed by atoms with Crippen LogP contribution in [0, 0.1) is 20.8 Å². The normalized spacial score (nSPS) is 16.5. The van der Waals surface area contributed by atoms with Crippen molar-refractivity contribution in [2.24, 2.45) is 0 Å². The van der Waals surface area contributed by atoms with Gasteiger partial charge in [-0.15, -0.1) is 0 Å². The van der Waals surface area contributed by atoms with E-state index in [0.717, 1.165) is 17.1 Å². The third kappa shape index (κ3) is 2.74. The zero-order valence-electron chi connectivity index (χ0n) is 12.6. The summed E-state index contributed by atoms with van der Waals surface area (Å²) in [6.45, 7) is 7.20. The maximum absolute atomic E-state index is 9.71. The van der Waals surface area contributed by atoms with Gasteiger partial charge in [-0.25, -0.2) is 0 Å². The first-order chi connectivity index (χ1) is 10.0. The van der Waals surface area contributed by atoms with Gasteiger partial charge >= 0.3 is 0 Å². The fourth-order valence-electron chi connectivity index (χ4n) is 2.86. The van der Waals surface area contributed by atoms with Crippen LogP contribution < -0.4 is 9.47 Å². The summed E-state index contributed by atoms with van der Waals surface area (Å²) in [7, 11) is 0. The average Bonchev–Trinajstić information content (AvgIpc) is 2.79. The van der Waals surface area contributed by atoms with Crippen molar-refractivity contribution >= 4 is 0 Å². The predicted octanol–water partition coefficient (Wildman–Crippen LogP) is 3.62. The lowest BCUT2D eigenvalue weighted by Gasteiger charge is -2.13. The van der Waals surface area contributed by atoms with Gasteiger partial charge in [0, 0.05) is 11.6 Å². The second kappa shape index (κ2) is 5.41. The molecule has 0 radical (unpaired) electrons. The molecule has 1 aliphatic rings. The summed E-state index contributed by atoms with van der Waals surface area (Å²) >= 11 is 0. The number of hydrogen-bond donors (Lipinski definition) is 1. The Bertz CT molecular complexity index is 653. The van der Waals surface area contributed by atoms with Gasteiger partial charge in [0.1, 0.15) is 30.8 Å². The molecular formula is C18H20O3. The van der Waals surface area contributed by atoms with Gasteiger partial charge < -0.3 is 14.6 Å². The lowest BCUT2D eigenvalue weighted by Crippen LogP contribution is -2.01. The van der Waals surface area contributed by atoms with Gasteiger partial charge in [0.25, 0.3) is 0 Å². The molecule has 110 valence electrons. The molecule has 1 atom stereocenters. The summed E-state index contributed by atoms with van der Waals surface area (Å²) in [6.07, 6.45) is -0.518. The van der Waals surface area contributed by atoms with Gasteiger partial charge in [0.15, 0.2) is 0 Å². The SMILES string of the molecule is Cc1cc(C)c(COc2ccc3c(c2)OCC3O)c(C)c1.